The van der Waals surface area contributed by atoms with E-state index in [-0.39, 0.29) is 42.4 Å². The summed E-state index contributed by atoms with van der Waals surface area (Å²) in [5.41, 5.74) is 2.00. The van der Waals surface area contributed by atoms with E-state index >= 15 is 0 Å². The van der Waals surface area contributed by atoms with Gasteiger partial charge in [-0.2, -0.15) is 5.10 Å². The molecule has 2 aromatic rings. The lowest BCUT2D eigenvalue weighted by atomic mass is 10.0. The summed E-state index contributed by atoms with van der Waals surface area (Å²) < 4.78 is 14.4. The fourth-order valence-corrected chi connectivity index (χ4v) is 2.95. The van der Waals surface area contributed by atoms with E-state index in [1.165, 1.54) is 13.1 Å². The second kappa shape index (κ2) is 7.74. The van der Waals surface area contributed by atoms with Crippen molar-refractivity contribution in [2.45, 2.75) is 25.7 Å². The summed E-state index contributed by atoms with van der Waals surface area (Å²) in [4.78, 5) is 27.8. The van der Waals surface area contributed by atoms with Crippen molar-refractivity contribution in [3.8, 4) is 0 Å². The summed E-state index contributed by atoms with van der Waals surface area (Å²) in [5, 5.41) is 5.73. The molecule has 0 saturated carbocycles. The molecule has 0 atom stereocenters. The molecule has 0 saturated heterocycles. The Kier molecular flexibility index (Phi) is 5.42. The summed E-state index contributed by atoms with van der Waals surface area (Å²) >= 11 is 5.96. The van der Waals surface area contributed by atoms with E-state index in [2.05, 4.69) is 10.1 Å². The SMILES string of the molecule is CN1N=C(C(=O)Cc2ncc(Cc3cccc(Cl)c3)cc2F)CCC1=O. The van der Waals surface area contributed by atoms with Crippen molar-refractivity contribution in [1.29, 1.82) is 0 Å². The van der Waals surface area contributed by atoms with Gasteiger partial charge in [-0.25, -0.2) is 9.40 Å². The number of ketones is 1. The number of carbonyl (C=O) groups is 2. The molecule has 3 rings (SSSR count). The highest BCUT2D eigenvalue weighted by molar-refractivity contribution is 6.40. The van der Waals surface area contributed by atoms with Crippen LogP contribution in [0.2, 0.25) is 5.02 Å². The first-order valence-corrected chi connectivity index (χ1v) is 8.55. The van der Waals surface area contributed by atoms with Crippen molar-refractivity contribution in [3.63, 3.8) is 0 Å². The number of carbonyl (C=O) groups excluding carboxylic acids is 2. The number of pyridine rings is 1. The number of benzene rings is 1. The smallest absolute Gasteiger partial charge is 0.242 e. The van der Waals surface area contributed by atoms with Gasteiger partial charge in [0.05, 0.1) is 12.1 Å². The number of nitrogens with zero attached hydrogens (tertiary/aromatic N) is 3. The number of rotatable bonds is 5. The molecule has 0 unspecified atom stereocenters. The molecule has 1 amide bonds. The molecule has 7 heteroatoms. The fraction of sp³-hybridized carbons (Fsp3) is 0.263. The predicted molar refractivity (Wildman–Crippen MR) is 96.6 cm³/mol. The number of hydrazone groups is 1. The molecule has 0 bridgehead atoms. The van der Waals surface area contributed by atoms with E-state index < -0.39 is 5.82 Å². The van der Waals surface area contributed by atoms with Crippen molar-refractivity contribution in [3.05, 3.63) is 64.2 Å². The zero-order chi connectivity index (χ0) is 18.7. The molecule has 1 aromatic carbocycles. The number of hydrogen-bond acceptors (Lipinski definition) is 4. The third-order valence-corrected chi connectivity index (χ3v) is 4.36. The average molecular weight is 374 g/mol. The third kappa shape index (κ3) is 4.32. The highest BCUT2D eigenvalue weighted by Gasteiger charge is 2.23. The molecule has 0 spiro atoms. The van der Waals surface area contributed by atoms with Crippen LogP contribution in [-0.4, -0.2) is 34.4 Å². The minimum atomic E-state index is -0.529. The maximum Gasteiger partial charge on any atom is 0.242 e. The van der Waals surface area contributed by atoms with Gasteiger partial charge in [0.2, 0.25) is 5.91 Å². The molecule has 5 nitrogen and oxygen atoms in total. The largest absolute Gasteiger partial charge is 0.292 e. The molecule has 0 N–H and O–H groups in total. The van der Waals surface area contributed by atoms with E-state index in [0.717, 1.165) is 10.6 Å². The summed E-state index contributed by atoms with van der Waals surface area (Å²) in [6.45, 7) is 0. The van der Waals surface area contributed by atoms with Crippen LogP contribution in [0.25, 0.3) is 0 Å². The molecular weight excluding hydrogens is 357 g/mol. The third-order valence-electron chi connectivity index (χ3n) is 4.13. The Morgan fingerprint density at radius 2 is 2.08 bits per heavy atom. The number of halogens is 2. The molecule has 1 aliphatic heterocycles. The fourth-order valence-electron chi connectivity index (χ4n) is 2.74. The Labute approximate surface area is 155 Å². The minimum absolute atomic E-state index is 0.0760. The number of aromatic nitrogens is 1. The molecule has 2 heterocycles. The maximum absolute atomic E-state index is 14.4. The molecule has 134 valence electrons. The van der Waals surface area contributed by atoms with Gasteiger partial charge in [0, 0.05) is 31.1 Å². The molecule has 1 aliphatic rings. The highest BCUT2D eigenvalue weighted by atomic mass is 35.5. The van der Waals surface area contributed by atoms with Gasteiger partial charge >= 0.3 is 0 Å². The molecule has 1 aromatic heterocycles. The van der Waals surface area contributed by atoms with Crippen LogP contribution in [0.1, 0.15) is 29.7 Å². The first-order valence-electron chi connectivity index (χ1n) is 8.17. The lowest BCUT2D eigenvalue weighted by Gasteiger charge is -2.18. The van der Waals surface area contributed by atoms with Crippen LogP contribution in [0.15, 0.2) is 41.6 Å². The Hall–Kier alpha value is -2.60. The highest BCUT2D eigenvalue weighted by Crippen LogP contribution is 2.17. The normalized spacial score (nSPS) is 14.3. The Bertz CT molecular complexity index is 898. The van der Waals surface area contributed by atoms with Gasteiger partial charge in [-0.15, -0.1) is 0 Å². The maximum atomic E-state index is 14.4. The first-order chi connectivity index (χ1) is 12.4. The Morgan fingerprint density at radius 3 is 2.77 bits per heavy atom. The van der Waals surface area contributed by atoms with Crippen molar-refractivity contribution < 1.29 is 14.0 Å². The van der Waals surface area contributed by atoms with E-state index in [0.29, 0.717) is 17.0 Å². The number of Topliss-reactive ketones (excluding diaryl/α,β-unsaturated/α-hetero) is 1. The van der Waals surface area contributed by atoms with Crippen molar-refractivity contribution in [2.75, 3.05) is 7.05 Å². The topological polar surface area (TPSA) is 62.6 Å². The van der Waals surface area contributed by atoms with Crippen molar-refractivity contribution in [2.24, 2.45) is 5.10 Å². The van der Waals surface area contributed by atoms with Crippen molar-refractivity contribution >= 4 is 29.0 Å². The Balaban J connectivity index is 1.71. The molecular formula is C19H17ClFN3O2. The van der Waals surface area contributed by atoms with Crippen LogP contribution >= 0.6 is 11.6 Å². The van der Waals surface area contributed by atoms with Gasteiger partial charge in [0.1, 0.15) is 11.5 Å². The summed E-state index contributed by atoms with van der Waals surface area (Å²) in [6.07, 6.45) is 2.39. The van der Waals surface area contributed by atoms with Crippen LogP contribution in [0.4, 0.5) is 4.39 Å². The van der Waals surface area contributed by atoms with Gasteiger partial charge in [0.25, 0.3) is 0 Å². The van der Waals surface area contributed by atoms with E-state index in [1.54, 1.807) is 12.3 Å². The van der Waals surface area contributed by atoms with Crippen LogP contribution in [0.3, 0.4) is 0 Å². The number of amides is 1. The molecule has 0 fully saturated rings. The Morgan fingerprint density at radius 1 is 1.27 bits per heavy atom. The van der Waals surface area contributed by atoms with Gasteiger partial charge in [0.15, 0.2) is 5.78 Å². The standard InChI is InChI=1S/C19H17ClFN3O2/c1-24-19(26)6-5-16(23-24)18(25)10-17-15(21)9-13(11-22-17)7-12-3-2-4-14(20)8-12/h2-4,8-9,11H,5-7,10H2,1H3. The number of hydrogen-bond donors (Lipinski definition) is 0. The zero-order valence-corrected chi connectivity index (χ0v) is 15.0. The summed E-state index contributed by atoms with van der Waals surface area (Å²) in [7, 11) is 1.50. The molecule has 0 radical (unpaired) electrons. The van der Waals surface area contributed by atoms with Crippen LogP contribution < -0.4 is 0 Å². The van der Waals surface area contributed by atoms with E-state index in [4.69, 9.17) is 11.6 Å². The lowest BCUT2D eigenvalue weighted by molar-refractivity contribution is -0.130. The van der Waals surface area contributed by atoms with Crippen LogP contribution in [-0.2, 0) is 22.4 Å². The van der Waals surface area contributed by atoms with Gasteiger partial charge in [-0.3, -0.25) is 14.6 Å². The quantitative estimate of drug-likeness (QED) is 0.808. The zero-order valence-electron chi connectivity index (χ0n) is 14.2. The summed E-state index contributed by atoms with van der Waals surface area (Å²) in [6, 6.07) is 8.71. The first kappa shape index (κ1) is 18.2. The average Bonchev–Trinajstić information content (AvgIpc) is 2.59. The van der Waals surface area contributed by atoms with E-state index in [1.807, 2.05) is 18.2 Å². The van der Waals surface area contributed by atoms with Crippen LogP contribution in [0.5, 0.6) is 0 Å². The van der Waals surface area contributed by atoms with Crippen molar-refractivity contribution in [1.82, 2.24) is 9.99 Å². The lowest BCUT2D eigenvalue weighted by Crippen LogP contribution is -2.32. The van der Waals surface area contributed by atoms with Gasteiger partial charge in [-0.05, 0) is 35.7 Å². The monoisotopic (exact) mass is 373 g/mol. The predicted octanol–water partition coefficient (Wildman–Crippen LogP) is 3.18. The van der Waals surface area contributed by atoms with Gasteiger partial charge in [-0.1, -0.05) is 23.7 Å². The van der Waals surface area contributed by atoms with E-state index in [9.17, 15) is 14.0 Å². The molecule has 0 aliphatic carbocycles. The second-order valence-electron chi connectivity index (χ2n) is 6.14. The minimum Gasteiger partial charge on any atom is -0.292 e. The second-order valence-corrected chi connectivity index (χ2v) is 6.58. The summed E-state index contributed by atoms with van der Waals surface area (Å²) in [5.74, 6) is -0.992. The van der Waals surface area contributed by atoms with Crippen LogP contribution in [0, 0.1) is 5.82 Å². The van der Waals surface area contributed by atoms with Gasteiger partial charge < -0.3 is 0 Å². The molecule has 26 heavy (non-hydrogen) atoms.